The van der Waals surface area contributed by atoms with E-state index in [0.717, 1.165) is 28.1 Å². The second-order valence-corrected chi connectivity index (χ2v) is 5.98. The molecule has 20 heavy (non-hydrogen) atoms. The van der Waals surface area contributed by atoms with E-state index >= 15 is 0 Å². The maximum atomic E-state index is 5.82. The number of ether oxygens (including phenoxy) is 1. The zero-order valence-electron chi connectivity index (χ0n) is 12.1. The standard InChI is InChI=1S/C16H20BrNO2/c1-11(2)18-9-13-6-7-19-16(13)10-20-15-5-4-12(3)8-14(15)17/h4-8,11,18H,9-10H2,1-3H3. The van der Waals surface area contributed by atoms with Crippen molar-refractivity contribution in [2.75, 3.05) is 0 Å². The van der Waals surface area contributed by atoms with Gasteiger partial charge < -0.3 is 14.5 Å². The Balaban J connectivity index is 1.98. The minimum absolute atomic E-state index is 0.434. The molecule has 1 aromatic heterocycles. The van der Waals surface area contributed by atoms with Gasteiger partial charge in [-0.3, -0.25) is 0 Å². The van der Waals surface area contributed by atoms with Gasteiger partial charge in [-0.25, -0.2) is 0 Å². The molecule has 4 heteroatoms. The van der Waals surface area contributed by atoms with Crippen molar-refractivity contribution in [3.63, 3.8) is 0 Å². The van der Waals surface area contributed by atoms with E-state index < -0.39 is 0 Å². The number of aryl methyl sites for hydroxylation is 1. The molecule has 0 spiro atoms. The molecule has 0 aliphatic rings. The molecule has 2 aromatic rings. The highest BCUT2D eigenvalue weighted by Crippen LogP contribution is 2.27. The van der Waals surface area contributed by atoms with Crippen LogP contribution in [0.1, 0.15) is 30.7 Å². The lowest BCUT2D eigenvalue weighted by Crippen LogP contribution is -2.22. The third-order valence-electron chi connectivity index (χ3n) is 2.98. The van der Waals surface area contributed by atoms with Gasteiger partial charge in [0, 0.05) is 18.2 Å². The van der Waals surface area contributed by atoms with Crippen LogP contribution in [0.2, 0.25) is 0 Å². The summed E-state index contributed by atoms with van der Waals surface area (Å²) in [5, 5.41) is 3.38. The molecule has 3 nitrogen and oxygen atoms in total. The van der Waals surface area contributed by atoms with Crippen LogP contribution < -0.4 is 10.1 Å². The van der Waals surface area contributed by atoms with Crippen LogP contribution in [0.5, 0.6) is 5.75 Å². The molecule has 1 aromatic carbocycles. The van der Waals surface area contributed by atoms with Crippen LogP contribution in [-0.4, -0.2) is 6.04 Å². The van der Waals surface area contributed by atoms with Crippen LogP contribution in [0, 0.1) is 6.92 Å². The fraction of sp³-hybridized carbons (Fsp3) is 0.375. The molecular formula is C16H20BrNO2. The lowest BCUT2D eigenvalue weighted by Gasteiger charge is -2.10. The van der Waals surface area contributed by atoms with Crippen molar-refractivity contribution in [2.45, 2.75) is 40.0 Å². The normalized spacial score (nSPS) is 11.1. The van der Waals surface area contributed by atoms with Gasteiger partial charge in [-0.05, 0) is 46.6 Å². The summed E-state index contributed by atoms with van der Waals surface area (Å²) in [7, 11) is 0. The highest BCUT2D eigenvalue weighted by Gasteiger charge is 2.09. The number of furan rings is 1. The van der Waals surface area contributed by atoms with Crippen LogP contribution in [-0.2, 0) is 13.2 Å². The molecule has 0 aliphatic heterocycles. The lowest BCUT2D eigenvalue weighted by atomic mass is 10.2. The van der Waals surface area contributed by atoms with Gasteiger partial charge in [-0.2, -0.15) is 0 Å². The van der Waals surface area contributed by atoms with Gasteiger partial charge in [-0.15, -0.1) is 0 Å². The first-order chi connectivity index (χ1) is 9.56. The molecule has 0 bridgehead atoms. The van der Waals surface area contributed by atoms with Crippen LogP contribution in [0.25, 0.3) is 0 Å². The quantitative estimate of drug-likeness (QED) is 0.846. The predicted octanol–water partition coefficient (Wildman–Crippen LogP) is 4.43. The first-order valence-electron chi connectivity index (χ1n) is 6.74. The third kappa shape index (κ3) is 4.12. The number of benzene rings is 1. The van der Waals surface area contributed by atoms with Gasteiger partial charge in [0.05, 0.1) is 10.7 Å². The summed E-state index contributed by atoms with van der Waals surface area (Å²) in [4.78, 5) is 0. The Hall–Kier alpha value is -1.26. The Bertz CT molecular complexity index is 563. The van der Waals surface area contributed by atoms with E-state index in [0.29, 0.717) is 12.6 Å². The van der Waals surface area contributed by atoms with Crippen molar-refractivity contribution >= 4 is 15.9 Å². The van der Waals surface area contributed by atoms with E-state index in [9.17, 15) is 0 Å². The van der Waals surface area contributed by atoms with Crippen molar-refractivity contribution in [1.82, 2.24) is 5.32 Å². The van der Waals surface area contributed by atoms with Crippen molar-refractivity contribution < 1.29 is 9.15 Å². The summed E-state index contributed by atoms with van der Waals surface area (Å²) in [5.74, 6) is 1.69. The molecule has 0 fully saturated rings. The van der Waals surface area contributed by atoms with Crippen LogP contribution >= 0.6 is 15.9 Å². The van der Waals surface area contributed by atoms with Crippen LogP contribution in [0.15, 0.2) is 39.4 Å². The second kappa shape index (κ2) is 6.95. The lowest BCUT2D eigenvalue weighted by molar-refractivity contribution is 0.266. The Labute approximate surface area is 128 Å². The van der Waals surface area contributed by atoms with Crippen molar-refractivity contribution in [2.24, 2.45) is 0 Å². The van der Waals surface area contributed by atoms with Crippen LogP contribution in [0.3, 0.4) is 0 Å². The third-order valence-corrected chi connectivity index (χ3v) is 3.60. The summed E-state index contributed by atoms with van der Waals surface area (Å²) in [6, 6.07) is 8.47. The van der Waals surface area contributed by atoms with E-state index in [2.05, 4.69) is 42.0 Å². The average Bonchev–Trinajstić information content (AvgIpc) is 2.83. The highest BCUT2D eigenvalue weighted by molar-refractivity contribution is 9.10. The van der Waals surface area contributed by atoms with Gasteiger partial charge in [0.15, 0.2) is 0 Å². The highest BCUT2D eigenvalue weighted by atomic mass is 79.9. The monoisotopic (exact) mass is 337 g/mol. The van der Waals surface area contributed by atoms with Crippen LogP contribution in [0.4, 0.5) is 0 Å². The number of hydrogen-bond donors (Lipinski definition) is 1. The molecule has 0 saturated carbocycles. The van der Waals surface area contributed by atoms with E-state index in [1.165, 1.54) is 5.56 Å². The van der Waals surface area contributed by atoms with Gasteiger partial charge in [0.25, 0.3) is 0 Å². The zero-order chi connectivity index (χ0) is 14.5. The van der Waals surface area contributed by atoms with Gasteiger partial charge >= 0.3 is 0 Å². The molecule has 0 aliphatic carbocycles. The smallest absolute Gasteiger partial charge is 0.146 e. The minimum Gasteiger partial charge on any atom is -0.484 e. The molecule has 0 amide bonds. The van der Waals surface area contributed by atoms with Crippen molar-refractivity contribution in [3.05, 3.63) is 51.9 Å². The Morgan fingerprint density at radius 2 is 2.10 bits per heavy atom. The molecule has 0 saturated heterocycles. The minimum atomic E-state index is 0.434. The summed E-state index contributed by atoms with van der Waals surface area (Å²) in [5.41, 5.74) is 2.34. The maximum Gasteiger partial charge on any atom is 0.146 e. The first-order valence-corrected chi connectivity index (χ1v) is 7.53. The number of halogens is 1. The van der Waals surface area contributed by atoms with E-state index in [4.69, 9.17) is 9.15 Å². The summed E-state index contributed by atoms with van der Waals surface area (Å²) in [6.45, 7) is 7.53. The SMILES string of the molecule is Cc1ccc(OCc2occc2CNC(C)C)c(Br)c1. The Morgan fingerprint density at radius 3 is 2.80 bits per heavy atom. The summed E-state index contributed by atoms with van der Waals surface area (Å²) >= 11 is 3.51. The van der Waals surface area contributed by atoms with E-state index in [-0.39, 0.29) is 0 Å². The largest absolute Gasteiger partial charge is 0.484 e. The fourth-order valence-corrected chi connectivity index (χ4v) is 2.44. The fourth-order valence-electron chi connectivity index (χ4n) is 1.83. The van der Waals surface area contributed by atoms with Gasteiger partial charge in [0.1, 0.15) is 18.1 Å². The Morgan fingerprint density at radius 1 is 1.30 bits per heavy atom. The van der Waals surface area contributed by atoms with Crippen molar-refractivity contribution in [3.8, 4) is 5.75 Å². The molecule has 1 heterocycles. The van der Waals surface area contributed by atoms with Gasteiger partial charge in [-0.1, -0.05) is 19.9 Å². The topological polar surface area (TPSA) is 34.4 Å². The maximum absolute atomic E-state index is 5.82. The molecule has 2 rings (SSSR count). The first kappa shape index (κ1) is 15.1. The van der Waals surface area contributed by atoms with Crippen molar-refractivity contribution in [1.29, 1.82) is 0 Å². The zero-order valence-corrected chi connectivity index (χ0v) is 13.7. The number of rotatable bonds is 6. The molecule has 0 radical (unpaired) electrons. The Kier molecular flexibility index (Phi) is 5.26. The molecule has 108 valence electrons. The molecule has 1 N–H and O–H groups in total. The predicted molar refractivity (Wildman–Crippen MR) is 83.9 cm³/mol. The molecular weight excluding hydrogens is 318 g/mol. The second-order valence-electron chi connectivity index (χ2n) is 5.13. The summed E-state index contributed by atoms with van der Waals surface area (Å²) < 4.78 is 12.3. The number of hydrogen-bond acceptors (Lipinski definition) is 3. The van der Waals surface area contributed by atoms with E-state index in [1.807, 2.05) is 24.3 Å². The molecule has 0 atom stereocenters. The number of nitrogens with one attached hydrogen (secondary N) is 1. The molecule has 0 unspecified atom stereocenters. The van der Waals surface area contributed by atoms with E-state index in [1.54, 1.807) is 6.26 Å². The average molecular weight is 338 g/mol. The summed E-state index contributed by atoms with van der Waals surface area (Å²) in [6.07, 6.45) is 1.71. The van der Waals surface area contributed by atoms with Gasteiger partial charge in [0.2, 0.25) is 0 Å².